The Bertz CT molecular complexity index is 929. The molecule has 8 heteroatoms. The van der Waals surface area contributed by atoms with E-state index in [1.807, 2.05) is 73.6 Å². The molecule has 8 nitrogen and oxygen atoms in total. The fraction of sp³-hybridized carbons (Fsp3) is 0.697. The van der Waals surface area contributed by atoms with E-state index in [4.69, 9.17) is 15.2 Å². The van der Waals surface area contributed by atoms with Crippen LogP contribution in [0.15, 0.2) is 48.6 Å². The van der Waals surface area contributed by atoms with Crippen LogP contribution in [0.4, 0.5) is 4.79 Å². The molecule has 1 amide bonds. The first kappa shape index (κ1) is 36.6. The van der Waals surface area contributed by atoms with E-state index in [1.165, 1.54) is 0 Å². The minimum atomic E-state index is -0.878. The van der Waals surface area contributed by atoms with E-state index in [2.05, 4.69) is 6.58 Å². The van der Waals surface area contributed by atoms with Gasteiger partial charge in [0.05, 0.1) is 24.2 Å². The SMILES string of the molecule is C=C/C=C\[C@H](C)[C@H](OC(N)=O)[C@@H](C)[C@H](O)[C@@H](C)C/C(C)=C\[C@H](C)[C@@H](O)[C@@H](C)/C=C\[C@@H](O)C[C@@H]1OC(=O)[C@H](C)C[C@H]1C. The summed E-state index contributed by atoms with van der Waals surface area (Å²) < 4.78 is 10.9. The molecule has 41 heavy (non-hydrogen) atoms. The van der Waals surface area contributed by atoms with E-state index in [1.54, 1.807) is 18.2 Å². The van der Waals surface area contributed by atoms with E-state index < -0.39 is 30.5 Å². The Balaban J connectivity index is 2.74. The Hall–Kier alpha value is -2.42. The first-order valence-corrected chi connectivity index (χ1v) is 14.9. The summed E-state index contributed by atoms with van der Waals surface area (Å²) in [6.07, 6.45) is 8.47. The number of ether oxygens (including phenoxy) is 2. The number of cyclic esters (lactones) is 1. The van der Waals surface area contributed by atoms with Crippen LogP contribution >= 0.6 is 0 Å². The van der Waals surface area contributed by atoms with Gasteiger partial charge in [0.15, 0.2) is 0 Å². The van der Waals surface area contributed by atoms with Gasteiger partial charge in [0, 0.05) is 30.1 Å². The summed E-state index contributed by atoms with van der Waals surface area (Å²) in [5, 5.41) is 32.5. The van der Waals surface area contributed by atoms with Crippen LogP contribution in [0, 0.1) is 41.4 Å². The quantitative estimate of drug-likeness (QED) is 0.110. The minimum absolute atomic E-state index is 0.113. The molecule has 234 valence electrons. The van der Waals surface area contributed by atoms with Gasteiger partial charge in [-0.3, -0.25) is 4.79 Å². The van der Waals surface area contributed by atoms with Crippen molar-refractivity contribution in [1.29, 1.82) is 0 Å². The maximum atomic E-state index is 11.9. The Labute approximate surface area is 247 Å². The second-order valence-corrected chi connectivity index (χ2v) is 12.4. The average Bonchev–Trinajstić information content (AvgIpc) is 2.90. The van der Waals surface area contributed by atoms with Gasteiger partial charge in [0.1, 0.15) is 12.2 Å². The number of nitrogens with two attached hydrogens (primary N) is 1. The molecule has 0 saturated carbocycles. The van der Waals surface area contributed by atoms with Crippen molar-refractivity contribution in [2.75, 3.05) is 0 Å². The summed E-state index contributed by atoms with van der Waals surface area (Å²) >= 11 is 0. The summed E-state index contributed by atoms with van der Waals surface area (Å²) in [7, 11) is 0. The third-order valence-corrected chi connectivity index (χ3v) is 8.37. The zero-order valence-corrected chi connectivity index (χ0v) is 26.3. The number of primary amides is 1. The Morgan fingerprint density at radius 3 is 2.27 bits per heavy atom. The van der Waals surface area contributed by atoms with Gasteiger partial charge in [-0.15, -0.1) is 0 Å². The number of amides is 1. The smallest absolute Gasteiger partial charge is 0.404 e. The molecule has 12 atom stereocenters. The van der Waals surface area contributed by atoms with Crippen LogP contribution in [0.3, 0.4) is 0 Å². The molecule has 0 aromatic heterocycles. The molecule has 1 fully saturated rings. The van der Waals surface area contributed by atoms with E-state index in [0.29, 0.717) is 12.8 Å². The van der Waals surface area contributed by atoms with Crippen LogP contribution in [-0.4, -0.2) is 57.9 Å². The number of rotatable bonds is 16. The van der Waals surface area contributed by atoms with Crippen molar-refractivity contribution >= 4 is 12.1 Å². The number of aliphatic hydroxyl groups excluding tert-OH is 3. The van der Waals surface area contributed by atoms with Crippen molar-refractivity contribution < 1.29 is 34.4 Å². The molecule has 0 bridgehead atoms. The lowest BCUT2D eigenvalue weighted by molar-refractivity contribution is -0.165. The van der Waals surface area contributed by atoms with Crippen LogP contribution in [0.2, 0.25) is 0 Å². The van der Waals surface area contributed by atoms with Gasteiger partial charge in [-0.25, -0.2) is 4.79 Å². The van der Waals surface area contributed by atoms with E-state index in [0.717, 1.165) is 12.0 Å². The molecule has 0 radical (unpaired) electrons. The number of allylic oxidation sites excluding steroid dienone is 3. The normalized spacial score (nSPS) is 26.9. The number of hydrogen-bond acceptors (Lipinski definition) is 7. The number of hydrogen-bond donors (Lipinski definition) is 4. The molecule has 1 aliphatic rings. The van der Waals surface area contributed by atoms with Crippen LogP contribution in [0.25, 0.3) is 0 Å². The highest BCUT2D eigenvalue weighted by molar-refractivity contribution is 5.73. The topological polar surface area (TPSA) is 139 Å². The summed E-state index contributed by atoms with van der Waals surface area (Å²) in [5.74, 6) is -1.18. The van der Waals surface area contributed by atoms with Gasteiger partial charge in [-0.2, -0.15) is 0 Å². The predicted octanol–water partition coefficient (Wildman–Crippen LogP) is 5.33. The molecule has 0 aromatic carbocycles. The molecule has 0 aliphatic carbocycles. The maximum absolute atomic E-state index is 11.9. The number of esters is 1. The first-order valence-electron chi connectivity index (χ1n) is 14.9. The first-order chi connectivity index (χ1) is 19.1. The lowest BCUT2D eigenvalue weighted by atomic mass is 9.81. The summed E-state index contributed by atoms with van der Waals surface area (Å²) in [5.41, 5.74) is 6.33. The predicted molar refractivity (Wildman–Crippen MR) is 163 cm³/mol. The van der Waals surface area contributed by atoms with Crippen molar-refractivity contribution in [3.63, 3.8) is 0 Å². The minimum Gasteiger partial charge on any atom is -0.462 e. The summed E-state index contributed by atoms with van der Waals surface area (Å²) in [6, 6.07) is 0. The highest BCUT2D eigenvalue weighted by Gasteiger charge is 2.34. The average molecular weight is 578 g/mol. The van der Waals surface area contributed by atoms with Gasteiger partial charge in [-0.05, 0) is 31.6 Å². The van der Waals surface area contributed by atoms with Crippen molar-refractivity contribution in [1.82, 2.24) is 0 Å². The standard InChI is InChI=1S/C33H55NO7/c1-10-11-12-21(4)31(41-33(34)39)26(9)30(37)24(7)16-19(2)15-23(6)29(36)20(3)13-14-27(35)18-28-22(5)17-25(8)32(38)40-28/h10-15,20-31,35-37H,1,16-18H2,2-9H3,(H2,34,39)/b12-11-,14-13-,19-15-/t20-,21-,22+,23-,24-,25+,26-,27+,28-,29-,30+,31-/m0/s1. The third-order valence-electron chi connectivity index (χ3n) is 8.37. The van der Waals surface area contributed by atoms with Crippen molar-refractivity contribution in [3.05, 3.63) is 48.6 Å². The number of carbonyl (C=O) groups is 2. The molecular weight excluding hydrogens is 522 g/mol. The molecule has 1 saturated heterocycles. The summed E-state index contributed by atoms with van der Waals surface area (Å²) in [6.45, 7) is 19.1. The highest BCUT2D eigenvalue weighted by Crippen LogP contribution is 2.30. The van der Waals surface area contributed by atoms with E-state index in [-0.39, 0.29) is 53.5 Å². The molecular formula is C33H55NO7. The molecule has 5 N–H and O–H groups in total. The van der Waals surface area contributed by atoms with Crippen LogP contribution < -0.4 is 5.73 Å². The lowest BCUT2D eigenvalue weighted by Crippen LogP contribution is -2.41. The Morgan fingerprint density at radius 1 is 1.05 bits per heavy atom. The van der Waals surface area contributed by atoms with Crippen LogP contribution in [-0.2, 0) is 14.3 Å². The van der Waals surface area contributed by atoms with Crippen molar-refractivity contribution in [2.24, 2.45) is 47.2 Å². The second kappa shape index (κ2) is 17.5. The van der Waals surface area contributed by atoms with Crippen molar-refractivity contribution in [2.45, 2.75) is 105 Å². The highest BCUT2D eigenvalue weighted by atomic mass is 16.6. The van der Waals surface area contributed by atoms with E-state index >= 15 is 0 Å². The van der Waals surface area contributed by atoms with E-state index in [9.17, 15) is 24.9 Å². The number of carbonyl (C=O) groups excluding carboxylic acids is 2. The van der Waals surface area contributed by atoms with Gasteiger partial charge in [-0.1, -0.05) is 97.1 Å². The zero-order chi connectivity index (χ0) is 31.4. The zero-order valence-electron chi connectivity index (χ0n) is 26.3. The Morgan fingerprint density at radius 2 is 1.68 bits per heavy atom. The van der Waals surface area contributed by atoms with Gasteiger partial charge < -0.3 is 30.5 Å². The van der Waals surface area contributed by atoms with Gasteiger partial charge in [0.2, 0.25) is 0 Å². The number of aliphatic hydroxyl groups is 3. The second-order valence-electron chi connectivity index (χ2n) is 12.4. The largest absolute Gasteiger partial charge is 0.462 e. The molecule has 0 spiro atoms. The summed E-state index contributed by atoms with van der Waals surface area (Å²) in [4.78, 5) is 23.4. The maximum Gasteiger partial charge on any atom is 0.404 e. The fourth-order valence-electron chi connectivity index (χ4n) is 5.83. The lowest BCUT2D eigenvalue weighted by Gasteiger charge is -2.33. The molecule has 0 unspecified atom stereocenters. The monoisotopic (exact) mass is 577 g/mol. The van der Waals surface area contributed by atoms with Gasteiger partial charge >= 0.3 is 12.1 Å². The fourth-order valence-corrected chi connectivity index (χ4v) is 5.83. The van der Waals surface area contributed by atoms with Crippen LogP contribution in [0.5, 0.6) is 0 Å². The van der Waals surface area contributed by atoms with Crippen molar-refractivity contribution in [3.8, 4) is 0 Å². The Kier molecular flexibility index (Phi) is 15.6. The van der Waals surface area contributed by atoms with Crippen LogP contribution in [0.1, 0.15) is 74.7 Å². The molecule has 1 aliphatic heterocycles. The molecule has 1 rings (SSSR count). The molecule has 0 aromatic rings. The third kappa shape index (κ3) is 12.1. The van der Waals surface area contributed by atoms with Gasteiger partial charge in [0.25, 0.3) is 0 Å². The molecule has 1 heterocycles.